The summed E-state index contributed by atoms with van der Waals surface area (Å²) in [5.74, 6) is 1.32. The summed E-state index contributed by atoms with van der Waals surface area (Å²) in [6, 6.07) is 10.8. The van der Waals surface area contributed by atoms with Gasteiger partial charge in [0.05, 0.1) is 38.4 Å². The first kappa shape index (κ1) is 24.5. The molecular weight excluding hydrogens is 456 g/mol. The number of fused-ring (bicyclic) bond motifs is 1. The van der Waals surface area contributed by atoms with E-state index in [9.17, 15) is 13.2 Å². The van der Waals surface area contributed by atoms with Crippen LogP contribution >= 0.6 is 0 Å². The fourth-order valence-corrected chi connectivity index (χ4v) is 6.09. The number of aryl methyl sites for hydroxylation is 2. The zero-order chi connectivity index (χ0) is 24.1. The number of ether oxygens (including phenoxy) is 3. The summed E-state index contributed by atoms with van der Waals surface area (Å²) in [6.07, 6.45) is 3.48. The third-order valence-electron chi connectivity index (χ3n) is 6.48. The van der Waals surface area contributed by atoms with Crippen LogP contribution in [-0.2, 0) is 32.4 Å². The maximum Gasteiger partial charge on any atom is 0.243 e. The molecule has 4 rings (SSSR count). The van der Waals surface area contributed by atoms with Gasteiger partial charge in [-0.15, -0.1) is 0 Å². The molecule has 2 aromatic rings. The van der Waals surface area contributed by atoms with Gasteiger partial charge in [0.2, 0.25) is 15.9 Å². The Labute approximate surface area is 201 Å². The molecule has 1 heterocycles. The zero-order valence-corrected chi connectivity index (χ0v) is 20.5. The van der Waals surface area contributed by atoms with Crippen LogP contribution in [0.2, 0.25) is 0 Å². The molecule has 184 valence electrons. The molecule has 0 bridgehead atoms. The Morgan fingerprint density at radius 1 is 1.12 bits per heavy atom. The summed E-state index contributed by atoms with van der Waals surface area (Å²) < 4.78 is 43.6. The Morgan fingerprint density at radius 2 is 1.91 bits per heavy atom. The molecular formula is C25H32N2O6S. The molecule has 8 nitrogen and oxygen atoms in total. The maximum atomic E-state index is 13.0. The van der Waals surface area contributed by atoms with Crippen molar-refractivity contribution in [1.29, 1.82) is 0 Å². The van der Waals surface area contributed by atoms with Crippen molar-refractivity contribution >= 4 is 15.9 Å². The van der Waals surface area contributed by atoms with Crippen molar-refractivity contribution < 1.29 is 27.4 Å². The summed E-state index contributed by atoms with van der Waals surface area (Å²) in [6.45, 7) is 1.45. The van der Waals surface area contributed by atoms with Crippen LogP contribution in [0.3, 0.4) is 0 Å². The minimum absolute atomic E-state index is 0.0305. The van der Waals surface area contributed by atoms with Gasteiger partial charge in [-0.05, 0) is 72.7 Å². The summed E-state index contributed by atoms with van der Waals surface area (Å²) >= 11 is 0. The normalized spacial score (nSPS) is 18.7. The minimum atomic E-state index is -3.62. The minimum Gasteiger partial charge on any atom is -0.497 e. The Bertz CT molecular complexity index is 1130. The Balaban J connectivity index is 1.44. The molecule has 1 aliphatic carbocycles. The number of morpholine rings is 1. The molecule has 2 aromatic carbocycles. The molecule has 1 N–H and O–H groups in total. The highest BCUT2D eigenvalue weighted by Gasteiger charge is 2.27. The lowest BCUT2D eigenvalue weighted by molar-refractivity contribution is -0.121. The molecule has 0 spiro atoms. The van der Waals surface area contributed by atoms with E-state index in [2.05, 4.69) is 5.32 Å². The molecule has 9 heteroatoms. The molecule has 0 saturated carbocycles. The number of hydrogen-bond acceptors (Lipinski definition) is 6. The van der Waals surface area contributed by atoms with E-state index < -0.39 is 10.0 Å². The van der Waals surface area contributed by atoms with Crippen molar-refractivity contribution in [3.05, 3.63) is 53.1 Å². The van der Waals surface area contributed by atoms with Crippen molar-refractivity contribution in [3.8, 4) is 11.5 Å². The molecule has 1 unspecified atom stereocenters. The lowest BCUT2D eigenvalue weighted by Crippen LogP contribution is -2.40. The van der Waals surface area contributed by atoms with Crippen LogP contribution in [0.5, 0.6) is 11.5 Å². The monoisotopic (exact) mass is 488 g/mol. The van der Waals surface area contributed by atoms with Gasteiger partial charge in [-0.2, -0.15) is 4.31 Å². The van der Waals surface area contributed by atoms with E-state index in [0.29, 0.717) is 44.0 Å². The highest BCUT2D eigenvalue weighted by atomic mass is 32.2. The third-order valence-corrected chi connectivity index (χ3v) is 8.38. The number of methoxy groups -OCH3 is 2. The van der Waals surface area contributed by atoms with Gasteiger partial charge in [0.25, 0.3) is 0 Å². The van der Waals surface area contributed by atoms with Crippen LogP contribution in [0.25, 0.3) is 0 Å². The molecule has 1 fully saturated rings. The summed E-state index contributed by atoms with van der Waals surface area (Å²) in [4.78, 5) is 13.0. The van der Waals surface area contributed by atoms with Gasteiger partial charge < -0.3 is 19.5 Å². The number of rotatable bonds is 8. The van der Waals surface area contributed by atoms with Crippen molar-refractivity contribution in [2.75, 3.05) is 40.5 Å². The number of nitrogens with one attached hydrogen (secondary N) is 1. The number of benzene rings is 2. The van der Waals surface area contributed by atoms with Crippen molar-refractivity contribution in [2.45, 2.75) is 43.0 Å². The largest absolute Gasteiger partial charge is 0.497 e. The first-order valence-electron chi connectivity index (χ1n) is 11.6. The van der Waals surface area contributed by atoms with E-state index in [1.807, 2.05) is 18.2 Å². The van der Waals surface area contributed by atoms with E-state index in [4.69, 9.17) is 14.2 Å². The van der Waals surface area contributed by atoms with Gasteiger partial charge in [-0.3, -0.25) is 4.79 Å². The van der Waals surface area contributed by atoms with Crippen LogP contribution in [-0.4, -0.2) is 59.2 Å². The number of hydrogen-bond donors (Lipinski definition) is 1. The second-order valence-electron chi connectivity index (χ2n) is 8.57. The van der Waals surface area contributed by atoms with Gasteiger partial charge in [0.1, 0.15) is 11.5 Å². The number of carbonyl (C=O) groups excluding carboxylic acids is 1. The second-order valence-corrected chi connectivity index (χ2v) is 10.5. The summed E-state index contributed by atoms with van der Waals surface area (Å²) in [5, 5.41) is 3.16. The quantitative estimate of drug-likeness (QED) is 0.614. The fraction of sp³-hybridized carbons (Fsp3) is 0.480. The fourth-order valence-electron chi connectivity index (χ4n) is 4.63. The predicted molar refractivity (Wildman–Crippen MR) is 128 cm³/mol. The first-order chi connectivity index (χ1) is 16.4. The average molecular weight is 489 g/mol. The summed E-state index contributed by atoms with van der Waals surface area (Å²) in [7, 11) is -0.427. The highest BCUT2D eigenvalue weighted by Crippen LogP contribution is 2.32. The molecule has 1 aliphatic heterocycles. The highest BCUT2D eigenvalue weighted by molar-refractivity contribution is 7.89. The van der Waals surface area contributed by atoms with Gasteiger partial charge in [-0.1, -0.05) is 6.07 Å². The van der Waals surface area contributed by atoms with Crippen LogP contribution < -0.4 is 14.8 Å². The molecule has 1 atom stereocenters. The molecule has 1 saturated heterocycles. The van der Waals surface area contributed by atoms with Crippen LogP contribution in [0.4, 0.5) is 0 Å². The van der Waals surface area contributed by atoms with Crippen LogP contribution in [0.1, 0.15) is 42.0 Å². The van der Waals surface area contributed by atoms with Crippen LogP contribution in [0.15, 0.2) is 41.3 Å². The van der Waals surface area contributed by atoms with E-state index >= 15 is 0 Å². The zero-order valence-electron chi connectivity index (χ0n) is 19.7. The maximum absolute atomic E-state index is 13.0. The van der Waals surface area contributed by atoms with Gasteiger partial charge in [-0.25, -0.2) is 8.42 Å². The first-order valence-corrected chi connectivity index (χ1v) is 13.1. The van der Waals surface area contributed by atoms with Crippen molar-refractivity contribution in [3.63, 3.8) is 0 Å². The van der Waals surface area contributed by atoms with E-state index in [0.717, 1.165) is 30.6 Å². The SMILES string of the molecule is COc1ccc2c(c1)CCCC2NC(=O)CCc1cc(S(=O)(=O)N2CCOCC2)ccc1OC. The Morgan fingerprint density at radius 3 is 2.65 bits per heavy atom. The predicted octanol–water partition coefficient (Wildman–Crippen LogP) is 2.85. The van der Waals surface area contributed by atoms with Gasteiger partial charge in [0, 0.05) is 19.5 Å². The van der Waals surface area contributed by atoms with Crippen molar-refractivity contribution in [2.24, 2.45) is 0 Å². The molecule has 1 amide bonds. The van der Waals surface area contributed by atoms with Crippen LogP contribution in [0, 0.1) is 0 Å². The Kier molecular flexibility index (Phi) is 7.75. The smallest absolute Gasteiger partial charge is 0.243 e. The standard InChI is InChI=1S/C25H32N2O6S/c1-31-20-7-9-22-18(16-20)4-3-5-23(22)26-25(28)11-6-19-17-21(8-10-24(19)32-2)34(29,30)27-12-14-33-15-13-27/h7-10,16-17,23H,3-6,11-15H2,1-2H3,(H,26,28). The third kappa shape index (κ3) is 5.37. The van der Waals surface area contributed by atoms with E-state index in [1.54, 1.807) is 32.4 Å². The number of nitrogens with zero attached hydrogens (tertiary/aromatic N) is 1. The molecule has 0 radical (unpaired) electrons. The Hall–Kier alpha value is -2.62. The molecule has 34 heavy (non-hydrogen) atoms. The molecule has 2 aliphatic rings. The van der Waals surface area contributed by atoms with Gasteiger partial charge >= 0.3 is 0 Å². The summed E-state index contributed by atoms with van der Waals surface area (Å²) in [5.41, 5.74) is 3.04. The lowest BCUT2D eigenvalue weighted by atomic mass is 9.87. The second kappa shape index (κ2) is 10.8. The van der Waals surface area contributed by atoms with E-state index in [-0.39, 0.29) is 23.3 Å². The number of amides is 1. The van der Waals surface area contributed by atoms with Crippen molar-refractivity contribution in [1.82, 2.24) is 9.62 Å². The lowest BCUT2D eigenvalue weighted by Gasteiger charge is -2.27. The number of carbonyl (C=O) groups is 1. The van der Waals surface area contributed by atoms with Gasteiger partial charge in [0.15, 0.2) is 0 Å². The molecule has 0 aromatic heterocycles. The van der Waals surface area contributed by atoms with E-state index in [1.165, 1.54) is 9.87 Å². The number of sulfonamides is 1. The average Bonchev–Trinajstić information content (AvgIpc) is 2.87. The topological polar surface area (TPSA) is 94.2 Å².